The average Bonchev–Trinajstić information content (AvgIpc) is 2.74. The number of aromatic carboxylic acids is 1. The summed E-state index contributed by atoms with van der Waals surface area (Å²) in [6, 6.07) is 0. The van der Waals surface area contributed by atoms with Crippen molar-refractivity contribution in [1.82, 2.24) is 9.97 Å². The van der Waals surface area contributed by atoms with Crippen molar-refractivity contribution in [2.45, 2.75) is 51.4 Å². The van der Waals surface area contributed by atoms with Crippen molar-refractivity contribution < 1.29 is 9.90 Å². The number of hydrogen-bond acceptors (Lipinski definition) is 2. The molecule has 2 N–H and O–H groups in total. The van der Waals surface area contributed by atoms with Gasteiger partial charge in [0.15, 0.2) is 5.69 Å². The van der Waals surface area contributed by atoms with Crippen molar-refractivity contribution >= 4 is 5.97 Å². The van der Waals surface area contributed by atoms with Gasteiger partial charge in [0.25, 0.3) is 0 Å². The second-order valence-electron chi connectivity index (χ2n) is 4.44. The molecular weight excluding hydrogens is 204 g/mol. The lowest BCUT2D eigenvalue weighted by Gasteiger charge is -2.19. The lowest BCUT2D eigenvalue weighted by atomic mass is 9.89. The minimum atomic E-state index is -0.921. The van der Waals surface area contributed by atoms with Crippen LogP contribution in [0.3, 0.4) is 0 Å². The van der Waals surface area contributed by atoms with Crippen LogP contribution in [0, 0.1) is 0 Å². The molecule has 1 aliphatic rings. The molecule has 0 radical (unpaired) electrons. The Hall–Kier alpha value is -1.32. The molecule has 1 fully saturated rings. The molecule has 16 heavy (non-hydrogen) atoms. The van der Waals surface area contributed by atoms with Crippen molar-refractivity contribution in [3.05, 3.63) is 17.2 Å². The number of carbonyl (C=O) groups is 1. The van der Waals surface area contributed by atoms with Crippen LogP contribution in [-0.4, -0.2) is 21.0 Å². The van der Waals surface area contributed by atoms with E-state index in [1.807, 2.05) is 6.92 Å². The van der Waals surface area contributed by atoms with E-state index < -0.39 is 5.97 Å². The molecule has 1 heterocycles. The summed E-state index contributed by atoms with van der Waals surface area (Å²) in [5.74, 6) is 0.399. The summed E-state index contributed by atoms with van der Waals surface area (Å²) in [5.41, 5.74) is 0.969. The first kappa shape index (κ1) is 11.2. The summed E-state index contributed by atoms with van der Waals surface area (Å²) in [5, 5.41) is 9.03. The monoisotopic (exact) mass is 222 g/mol. The molecule has 1 aromatic heterocycles. The van der Waals surface area contributed by atoms with Gasteiger partial charge in [-0.05, 0) is 19.3 Å². The maximum absolute atomic E-state index is 11.0. The number of aromatic nitrogens is 2. The lowest BCUT2D eigenvalue weighted by molar-refractivity contribution is 0.0689. The Labute approximate surface area is 95.1 Å². The number of hydrogen-bond donors (Lipinski definition) is 2. The fourth-order valence-electron chi connectivity index (χ4n) is 2.43. The Morgan fingerprint density at radius 2 is 2.12 bits per heavy atom. The molecule has 0 amide bonds. The van der Waals surface area contributed by atoms with Crippen molar-refractivity contribution in [2.75, 3.05) is 0 Å². The van der Waals surface area contributed by atoms with E-state index >= 15 is 0 Å². The normalized spacial score (nSPS) is 17.6. The van der Waals surface area contributed by atoms with Crippen molar-refractivity contribution in [1.29, 1.82) is 0 Å². The number of nitrogens with one attached hydrogen (secondary N) is 1. The summed E-state index contributed by atoms with van der Waals surface area (Å²) in [6.45, 7) is 1.95. The molecule has 0 unspecified atom stereocenters. The molecule has 0 bridgehead atoms. The highest BCUT2D eigenvalue weighted by Crippen LogP contribution is 2.31. The molecule has 4 nitrogen and oxygen atoms in total. The first-order valence-electron chi connectivity index (χ1n) is 6.04. The van der Waals surface area contributed by atoms with Gasteiger partial charge in [0, 0.05) is 11.6 Å². The zero-order valence-electron chi connectivity index (χ0n) is 9.62. The zero-order valence-corrected chi connectivity index (χ0v) is 9.62. The lowest BCUT2D eigenvalue weighted by Crippen LogP contribution is -2.06. The number of rotatable bonds is 3. The second-order valence-corrected chi connectivity index (χ2v) is 4.44. The third kappa shape index (κ3) is 2.10. The summed E-state index contributed by atoms with van der Waals surface area (Å²) in [6.07, 6.45) is 6.72. The minimum absolute atomic E-state index is 0.211. The largest absolute Gasteiger partial charge is 0.476 e. The highest BCUT2D eigenvalue weighted by Gasteiger charge is 2.22. The number of aryl methyl sites for hydroxylation is 1. The van der Waals surface area contributed by atoms with Crippen LogP contribution in [0.5, 0.6) is 0 Å². The third-order valence-corrected chi connectivity index (χ3v) is 3.35. The van der Waals surface area contributed by atoms with Gasteiger partial charge < -0.3 is 10.1 Å². The maximum Gasteiger partial charge on any atom is 0.356 e. The van der Waals surface area contributed by atoms with E-state index in [2.05, 4.69) is 9.97 Å². The smallest absolute Gasteiger partial charge is 0.356 e. The van der Waals surface area contributed by atoms with Crippen LogP contribution in [0.15, 0.2) is 0 Å². The molecule has 88 valence electrons. The number of H-pyrrole nitrogens is 1. The average molecular weight is 222 g/mol. The molecule has 0 aliphatic heterocycles. The third-order valence-electron chi connectivity index (χ3n) is 3.35. The van der Waals surface area contributed by atoms with E-state index in [4.69, 9.17) is 5.11 Å². The predicted molar refractivity (Wildman–Crippen MR) is 60.8 cm³/mol. The molecule has 0 spiro atoms. The minimum Gasteiger partial charge on any atom is -0.476 e. The molecule has 1 aromatic rings. The molecule has 0 saturated heterocycles. The molecule has 4 heteroatoms. The predicted octanol–water partition coefficient (Wildman–Crippen LogP) is 2.72. The van der Waals surface area contributed by atoms with Gasteiger partial charge in [0.05, 0.1) is 0 Å². The zero-order chi connectivity index (χ0) is 11.5. The van der Waals surface area contributed by atoms with Gasteiger partial charge in [-0.2, -0.15) is 0 Å². The van der Waals surface area contributed by atoms with Crippen molar-refractivity contribution in [2.24, 2.45) is 0 Å². The molecule has 0 atom stereocenters. The van der Waals surface area contributed by atoms with E-state index in [1.54, 1.807) is 0 Å². The van der Waals surface area contributed by atoms with Gasteiger partial charge in [-0.1, -0.05) is 26.2 Å². The topological polar surface area (TPSA) is 66.0 Å². The van der Waals surface area contributed by atoms with Gasteiger partial charge in [-0.25, -0.2) is 9.78 Å². The van der Waals surface area contributed by atoms with Gasteiger partial charge in [-0.15, -0.1) is 0 Å². The number of carboxylic acid groups (broad SMARTS) is 1. The number of aromatic amines is 1. The number of carboxylic acids is 1. The summed E-state index contributed by atoms with van der Waals surface area (Å²) >= 11 is 0. The van der Waals surface area contributed by atoms with Crippen LogP contribution < -0.4 is 0 Å². The van der Waals surface area contributed by atoms with E-state index in [1.165, 1.54) is 19.3 Å². The maximum atomic E-state index is 11.0. The van der Waals surface area contributed by atoms with Crippen LogP contribution in [0.2, 0.25) is 0 Å². The molecule has 0 aromatic carbocycles. The first-order chi connectivity index (χ1) is 7.72. The molecule has 1 saturated carbocycles. The van der Waals surface area contributed by atoms with Crippen LogP contribution in [-0.2, 0) is 6.42 Å². The van der Waals surface area contributed by atoms with Crippen molar-refractivity contribution in [3.63, 3.8) is 0 Å². The van der Waals surface area contributed by atoms with Crippen LogP contribution in [0.4, 0.5) is 0 Å². The quantitative estimate of drug-likeness (QED) is 0.826. The Morgan fingerprint density at radius 1 is 1.44 bits per heavy atom. The second kappa shape index (κ2) is 4.68. The van der Waals surface area contributed by atoms with E-state index in [0.29, 0.717) is 12.3 Å². The van der Waals surface area contributed by atoms with E-state index in [-0.39, 0.29) is 5.69 Å². The Bertz CT molecular complexity index is 378. The Morgan fingerprint density at radius 3 is 2.62 bits per heavy atom. The summed E-state index contributed by atoms with van der Waals surface area (Å²) in [7, 11) is 0. The summed E-state index contributed by atoms with van der Waals surface area (Å²) < 4.78 is 0. The van der Waals surface area contributed by atoms with Gasteiger partial charge >= 0.3 is 5.97 Å². The molecule has 1 aliphatic carbocycles. The van der Waals surface area contributed by atoms with Crippen molar-refractivity contribution in [3.8, 4) is 0 Å². The van der Waals surface area contributed by atoms with Crippen LogP contribution in [0.1, 0.15) is 67.0 Å². The standard InChI is InChI=1S/C12H18N2O2/c1-2-9-10(12(15)16)14-11(13-9)8-6-4-3-5-7-8/h8H,2-7H2,1H3,(H,13,14)(H,15,16). The Balaban J connectivity index is 2.24. The van der Waals surface area contributed by atoms with E-state index in [9.17, 15) is 4.79 Å². The van der Waals surface area contributed by atoms with Crippen LogP contribution in [0.25, 0.3) is 0 Å². The number of nitrogens with zero attached hydrogens (tertiary/aromatic N) is 1. The number of imidazole rings is 1. The SMILES string of the molecule is CCc1[nH]c(C2CCCCC2)nc1C(=O)O. The van der Waals surface area contributed by atoms with Gasteiger partial charge in [0.1, 0.15) is 5.82 Å². The first-order valence-corrected chi connectivity index (χ1v) is 6.04. The van der Waals surface area contributed by atoms with E-state index in [0.717, 1.165) is 24.4 Å². The highest BCUT2D eigenvalue weighted by molar-refractivity contribution is 5.86. The molecular formula is C12H18N2O2. The Kier molecular flexibility index (Phi) is 3.27. The van der Waals surface area contributed by atoms with Gasteiger partial charge in [0.2, 0.25) is 0 Å². The summed E-state index contributed by atoms with van der Waals surface area (Å²) in [4.78, 5) is 18.4. The fraction of sp³-hybridized carbons (Fsp3) is 0.667. The van der Waals surface area contributed by atoms with Crippen LogP contribution >= 0.6 is 0 Å². The fourth-order valence-corrected chi connectivity index (χ4v) is 2.43. The molecule has 2 rings (SSSR count). The highest BCUT2D eigenvalue weighted by atomic mass is 16.4. The van der Waals surface area contributed by atoms with Gasteiger partial charge in [-0.3, -0.25) is 0 Å².